The lowest BCUT2D eigenvalue weighted by molar-refractivity contribution is 0.0438. The summed E-state index contributed by atoms with van der Waals surface area (Å²) in [6.07, 6.45) is 3.16. The fourth-order valence-electron chi connectivity index (χ4n) is 6.58. The van der Waals surface area contributed by atoms with Gasteiger partial charge in [-0.15, -0.1) is 0 Å². The Balaban J connectivity index is 1.21. The zero-order valence-electron chi connectivity index (χ0n) is 23.5. The number of ether oxygens (including phenoxy) is 1. The number of phenolic OH excluding ortho intramolecular Hbond substituents is 1. The summed E-state index contributed by atoms with van der Waals surface area (Å²) in [4.78, 5) is 26.9. The van der Waals surface area contributed by atoms with Crippen LogP contribution in [0.2, 0.25) is 5.02 Å². The minimum atomic E-state index is -4.17. The van der Waals surface area contributed by atoms with Gasteiger partial charge in [0.2, 0.25) is 10.0 Å². The molecule has 3 fully saturated rings. The minimum Gasteiger partial charge on any atom is -0.504 e. The van der Waals surface area contributed by atoms with Crippen LogP contribution in [0.15, 0.2) is 56.9 Å². The quantitative estimate of drug-likeness (QED) is 0.231. The molecule has 12 heteroatoms. The van der Waals surface area contributed by atoms with E-state index in [1.54, 1.807) is 0 Å². The molecule has 0 aromatic heterocycles. The van der Waals surface area contributed by atoms with E-state index in [1.165, 1.54) is 22.0 Å². The summed E-state index contributed by atoms with van der Waals surface area (Å²) in [7, 11) is -4.17. The van der Waals surface area contributed by atoms with E-state index in [1.807, 2.05) is 32.0 Å². The van der Waals surface area contributed by atoms with Crippen molar-refractivity contribution < 1.29 is 18.3 Å². The number of rotatable bonds is 10. The van der Waals surface area contributed by atoms with Crippen molar-refractivity contribution in [3.05, 3.63) is 73.5 Å². The van der Waals surface area contributed by atoms with Gasteiger partial charge in [0, 0.05) is 31.7 Å². The van der Waals surface area contributed by atoms with Crippen LogP contribution in [0.4, 0.5) is 17.1 Å². The Morgan fingerprint density at radius 2 is 1.79 bits per heavy atom. The molecule has 2 bridgehead atoms. The maximum atomic E-state index is 13.9. The SMILES string of the molecule is CC[C@@H](Nc1c(Nc2ccc(Cl)c(S(=O)(=O)N3CC4CC3CN4Cc3ccccc3)c2O)c(=O)c1=O)[C@H]1CC[C@@H](C)O1. The molecule has 0 aliphatic carbocycles. The second-order valence-electron chi connectivity index (χ2n) is 11.6. The molecule has 10 nitrogen and oxygen atoms in total. The molecular formula is C30H35ClN4O6S. The van der Waals surface area contributed by atoms with E-state index in [2.05, 4.69) is 27.7 Å². The summed E-state index contributed by atoms with van der Waals surface area (Å²) in [5, 5.41) is 17.0. The van der Waals surface area contributed by atoms with Crippen molar-refractivity contribution in [3.63, 3.8) is 0 Å². The molecule has 224 valence electrons. The zero-order valence-corrected chi connectivity index (χ0v) is 25.1. The topological polar surface area (TPSA) is 128 Å². The lowest BCUT2D eigenvalue weighted by Gasteiger charge is -2.34. The van der Waals surface area contributed by atoms with E-state index in [0.717, 1.165) is 19.4 Å². The molecule has 5 atom stereocenters. The summed E-state index contributed by atoms with van der Waals surface area (Å²) < 4.78 is 35.1. The van der Waals surface area contributed by atoms with Crippen molar-refractivity contribution >= 4 is 38.7 Å². The molecule has 0 spiro atoms. The van der Waals surface area contributed by atoms with E-state index in [4.69, 9.17) is 16.3 Å². The van der Waals surface area contributed by atoms with E-state index in [-0.39, 0.29) is 52.4 Å². The molecule has 0 amide bonds. The molecule has 3 heterocycles. The Bertz CT molecular complexity index is 1660. The van der Waals surface area contributed by atoms with E-state index in [9.17, 15) is 23.1 Å². The van der Waals surface area contributed by atoms with Gasteiger partial charge in [0.25, 0.3) is 10.9 Å². The molecule has 3 aliphatic rings. The van der Waals surface area contributed by atoms with Crippen LogP contribution < -0.4 is 21.5 Å². The Morgan fingerprint density at radius 3 is 2.43 bits per heavy atom. The number of likely N-dealkylation sites (tertiary alicyclic amines) is 1. The maximum absolute atomic E-state index is 13.9. The molecule has 3 saturated heterocycles. The molecule has 3 N–H and O–H groups in total. The lowest BCUT2D eigenvalue weighted by atomic mass is 10.0. The molecule has 6 rings (SSSR count). The van der Waals surface area contributed by atoms with Gasteiger partial charge in [0.15, 0.2) is 5.75 Å². The molecule has 3 aromatic carbocycles. The van der Waals surface area contributed by atoms with Gasteiger partial charge in [0.05, 0.1) is 29.0 Å². The largest absolute Gasteiger partial charge is 0.504 e. The van der Waals surface area contributed by atoms with Crippen molar-refractivity contribution in [2.24, 2.45) is 0 Å². The number of aromatic hydroxyl groups is 1. The average molecular weight is 615 g/mol. The van der Waals surface area contributed by atoms with Crippen molar-refractivity contribution in [2.75, 3.05) is 23.7 Å². The van der Waals surface area contributed by atoms with Gasteiger partial charge >= 0.3 is 0 Å². The number of hydrogen-bond acceptors (Lipinski definition) is 9. The van der Waals surface area contributed by atoms with Gasteiger partial charge in [-0.1, -0.05) is 48.9 Å². The van der Waals surface area contributed by atoms with Gasteiger partial charge in [-0.3, -0.25) is 14.5 Å². The highest BCUT2D eigenvalue weighted by molar-refractivity contribution is 7.89. The molecule has 3 aliphatic heterocycles. The molecule has 0 saturated carbocycles. The van der Waals surface area contributed by atoms with Crippen LogP contribution in [0, 0.1) is 0 Å². The number of hydrogen-bond donors (Lipinski definition) is 3. The number of benzene rings is 2. The van der Waals surface area contributed by atoms with Crippen LogP contribution in [0.3, 0.4) is 0 Å². The summed E-state index contributed by atoms with van der Waals surface area (Å²) >= 11 is 6.38. The van der Waals surface area contributed by atoms with Crippen LogP contribution in [0.5, 0.6) is 5.75 Å². The zero-order chi connectivity index (χ0) is 29.8. The normalized spacial score (nSPS) is 25.3. The first-order valence-corrected chi connectivity index (χ1v) is 16.2. The van der Waals surface area contributed by atoms with E-state index < -0.39 is 31.5 Å². The first-order chi connectivity index (χ1) is 20.1. The van der Waals surface area contributed by atoms with E-state index >= 15 is 0 Å². The second-order valence-corrected chi connectivity index (χ2v) is 13.8. The Morgan fingerprint density at radius 1 is 1.05 bits per heavy atom. The van der Waals surface area contributed by atoms with Crippen molar-refractivity contribution in [1.29, 1.82) is 0 Å². The fourth-order valence-corrected chi connectivity index (χ4v) is 8.85. The van der Waals surface area contributed by atoms with Gasteiger partial charge in [0.1, 0.15) is 16.3 Å². The Hall–Kier alpha value is -2.96. The third-order valence-corrected chi connectivity index (χ3v) is 11.3. The molecule has 42 heavy (non-hydrogen) atoms. The second kappa shape index (κ2) is 11.3. The number of phenols is 1. The highest BCUT2D eigenvalue weighted by Gasteiger charge is 2.49. The number of anilines is 3. The minimum absolute atomic E-state index is 0.0257. The number of fused-ring (bicyclic) bond motifs is 2. The van der Waals surface area contributed by atoms with Gasteiger partial charge in [-0.25, -0.2) is 8.42 Å². The van der Waals surface area contributed by atoms with Crippen LogP contribution in [0.1, 0.15) is 45.1 Å². The van der Waals surface area contributed by atoms with E-state index in [0.29, 0.717) is 25.9 Å². The van der Waals surface area contributed by atoms with Gasteiger partial charge in [-0.2, -0.15) is 4.31 Å². The molecule has 0 radical (unpaired) electrons. The number of halogens is 1. The predicted octanol–water partition coefficient (Wildman–Crippen LogP) is 3.79. The number of nitrogens with zero attached hydrogens (tertiary/aromatic N) is 2. The van der Waals surface area contributed by atoms with Crippen LogP contribution in [0.25, 0.3) is 0 Å². The Kier molecular flexibility index (Phi) is 7.82. The first kappa shape index (κ1) is 29.1. The Labute approximate surface area is 250 Å². The monoisotopic (exact) mass is 614 g/mol. The standard InChI is InChI=1S/C30H35ClN4O6S/c1-3-22(24-12-9-17(2)41-24)32-25-26(29(38)28(25)37)33-23-11-10-21(31)30(27(23)36)42(39,40)35-16-19-13-20(35)15-34(19)14-18-7-5-4-6-8-18/h4-8,10-11,17,19-20,22,24,32-33,36H,3,9,12-16H2,1-2H3/t17-,19?,20?,22-,24-/m1/s1. The lowest BCUT2D eigenvalue weighted by Crippen LogP contribution is -2.48. The van der Waals surface area contributed by atoms with Gasteiger partial charge < -0.3 is 20.5 Å². The fraction of sp³-hybridized carbons (Fsp3) is 0.467. The number of nitrogens with one attached hydrogen (secondary N) is 2. The van der Waals surface area contributed by atoms with Crippen molar-refractivity contribution in [2.45, 2.75) is 81.3 Å². The van der Waals surface area contributed by atoms with Crippen molar-refractivity contribution in [3.8, 4) is 5.75 Å². The predicted molar refractivity (Wildman–Crippen MR) is 162 cm³/mol. The number of sulfonamides is 1. The molecular weight excluding hydrogens is 580 g/mol. The molecule has 3 aromatic rings. The summed E-state index contributed by atoms with van der Waals surface area (Å²) in [5.41, 5.74) is -0.200. The maximum Gasteiger partial charge on any atom is 0.253 e. The van der Waals surface area contributed by atoms with Crippen molar-refractivity contribution in [1.82, 2.24) is 9.21 Å². The highest BCUT2D eigenvalue weighted by Crippen LogP contribution is 2.43. The summed E-state index contributed by atoms with van der Waals surface area (Å²) in [5.74, 6) is -0.592. The first-order valence-electron chi connectivity index (χ1n) is 14.4. The van der Waals surface area contributed by atoms with Crippen LogP contribution >= 0.6 is 11.6 Å². The summed E-state index contributed by atoms with van der Waals surface area (Å²) in [6, 6.07) is 12.4. The van der Waals surface area contributed by atoms with Gasteiger partial charge in [-0.05, 0) is 50.3 Å². The molecule has 2 unspecified atom stereocenters. The smallest absolute Gasteiger partial charge is 0.253 e. The average Bonchev–Trinajstić information content (AvgIpc) is 3.70. The van der Waals surface area contributed by atoms with Crippen LogP contribution in [-0.2, 0) is 21.3 Å². The number of piperazine rings is 1. The third-order valence-electron chi connectivity index (χ3n) is 8.84. The summed E-state index contributed by atoms with van der Waals surface area (Å²) in [6.45, 7) is 5.58. The van der Waals surface area contributed by atoms with Crippen LogP contribution in [-0.4, -0.2) is 66.2 Å². The highest BCUT2D eigenvalue weighted by atomic mass is 35.5. The third kappa shape index (κ3) is 5.11.